The van der Waals surface area contributed by atoms with Crippen molar-refractivity contribution >= 4 is 33.4 Å². The first-order valence-electron chi connectivity index (χ1n) is 3.94. The minimum absolute atomic E-state index is 0.261. The smallest absolute Gasteiger partial charge is 0.218 e. The van der Waals surface area contributed by atoms with Crippen LogP contribution in [0.2, 0.25) is 0 Å². The minimum Gasteiger partial charge on any atom is -0.370 e. The molecule has 0 heterocycles. The lowest BCUT2D eigenvalue weighted by molar-refractivity contribution is -0.118. The van der Waals surface area contributed by atoms with E-state index < -0.39 is 0 Å². The fourth-order valence-electron chi connectivity index (χ4n) is 0.565. The Hall–Kier alpha value is -0.360. The molecule has 0 aromatic rings. The lowest BCUT2D eigenvalue weighted by Crippen LogP contribution is -2.10. The van der Waals surface area contributed by atoms with E-state index in [1.54, 1.807) is 21.6 Å². The first-order valence-corrected chi connectivity index (χ1v) is 6.42. The summed E-state index contributed by atoms with van der Waals surface area (Å²) < 4.78 is 0. The zero-order valence-electron chi connectivity index (χ0n) is 7.32. The fourth-order valence-corrected chi connectivity index (χ4v) is 2.66. The molecule has 0 rings (SSSR count). The number of hydrogen-bond acceptors (Lipinski definition) is 4. The van der Waals surface area contributed by atoms with Gasteiger partial charge in [-0.05, 0) is 6.42 Å². The van der Waals surface area contributed by atoms with Crippen molar-refractivity contribution in [2.24, 2.45) is 11.5 Å². The number of amides is 2. The van der Waals surface area contributed by atoms with Gasteiger partial charge in [-0.25, -0.2) is 0 Å². The van der Waals surface area contributed by atoms with Crippen LogP contribution in [-0.4, -0.2) is 23.3 Å². The second-order valence-electron chi connectivity index (χ2n) is 2.43. The predicted octanol–water partition coefficient (Wildman–Crippen LogP) is 0.509. The molecule has 0 saturated carbocycles. The van der Waals surface area contributed by atoms with Gasteiger partial charge in [0.1, 0.15) is 0 Å². The molecular weight excluding hydrogens is 208 g/mol. The van der Waals surface area contributed by atoms with Crippen molar-refractivity contribution in [2.45, 2.75) is 19.3 Å². The van der Waals surface area contributed by atoms with Crippen LogP contribution >= 0.6 is 21.6 Å². The Balaban J connectivity index is 3.00. The van der Waals surface area contributed by atoms with Crippen LogP contribution in [0.25, 0.3) is 0 Å². The first kappa shape index (κ1) is 12.6. The average molecular weight is 222 g/mol. The number of rotatable bonds is 8. The molecule has 0 radical (unpaired) electrons. The third-order valence-corrected chi connectivity index (χ3v) is 3.66. The summed E-state index contributed by atoms with van der Waals surface area (Å²) in [5.74, 6) is 1.08. The van der Waals surface area contributed by atoms with Crippen molar-refractivity contribution in [1.82, 2.24) is 0 Å². The van der Waals surface area contributed by atoms with E-state index in [4.69, 9.17) is 11.5 Å². The van der Waals surface area contributed by atoms with Crippen molar-refractivity contribution in [3.63, 3.8) is 0 Å². The summed E-state index contributed by atoms with van der Waals surface area (Å²) in [7, 11) is 3.24. The summed E-state index contributed by atoms with van der Waals surface area (Å²) in [5, 5.41) is 0. The summed E-state index contributed by atoms with van der Waals surface area (Å²) in [5.41, 5.74) is 9.91. The van der Waals surface area contributed by atoms with Gasteiger partial charge in [-0.3, -0.25) is 9.59 Å². The highest BCUT2D eigenvalue weighted by atomic mass is 33.1. The molecule has 0 aromatic carbocycles. The second kappa shape index (κ2) is 8.25. The third kappa shape index (κ3) is 11.6. The molecule has 0 aliphatic heterocycles. The number of nitrogens with two attached hydrogens (primary N) is 2. The zero-order chi connectivity index (χ0) is 10.1. The van der Waals surface area contributed by atoms with Crippen molar-refractivity contribution < 1.29 is 9.59 Å². The maximum absolute atomic E-state index is 10.3. The van der Waals surface area contributed by atoms with Crippen LogP contribution in [0.3, 0.4) is 0 Å². The Kier molecular flexibility index (Phi) is 8.02. The molecule has 13 heavy (non-hydrogen) atoms. The molecule has 0 aromatic heterocycles. The Bertz CT molecular complexity index is 158. The maximum atomic E-state index is 10.3. The number of carbonyl (C=O) groups is 2. The topological polar surface area (TPSA) is 86.2 Å². The monoisotopic (exact) mass is 222 g/mol. The van der Waals surface area contributed by atoms with Gasteiger partial charge < -0.3 is 11.5 Å². The quantitative estimate of drug-likeness (QED) is 0.463. The Morgan fingerprint density at radius 3 is 2.00 bits per heavy atom. The molecule has 2 amide bonds. The molecule has 0 aliphatic carbocycles. The number of hydrogen-bond donors (Lipinski definition) is 2. The van der Waals surface area contributed by atoms with Gasteiger partial charge in [0.15, 0.2) is 0 Å². The van der Waals surface area contributed by atoms with E-state index in [9.17, 15) is 9.59 Å². The summed E-state index contributed by atoms with van der Waals surface area (Å²) in [6, 6.07) is 0. The largest absolute Gasteiger partial charge is 0.370 e. The lowest BCUT2D eigenvalue weighted by Gasteiger charge is -1.98. The highest BCUT2D eigenvalue weighted by Crippen LogP contribution is 2.22. The van der Waals surface area contributed by atoms with E-state index >= 15 is 0 Å². The molecule has 76 valence electrons. The SMILES string of the molecule is NC(=O)CCCSSCCC(N)=O. The molecule has 4 N–H and O–H groups in total. The predicted molar refractivity (Wildman–Crippen MR) is 57.2 cm³/mol. The molecular formula is C7H14N2O2S2. The molecule has 0 bridgehead atoms. The van der Waals surface area contributed by atoms with Gasteiger partial charge in [0.2, 0.25) is 11.8 Å². The Labute approximate surface area is 85.6 Å². The van der Waals surface area contributed by atoms with Gasteiger partial charge in [-0.15, -0.1) is 0 Å². The first-order chi connectivity index (χ1) is 6.13. The van der Waals surface area contributed by atoms with Crippen LogP contribution < -0.4 is 11.5 Å². The van der Waals surface area contributed by atoms with Gasteiger partial charge in [0.05, 0.1) is 0 Å². The highest BCUT2D eigenvalue weighted by molar-refractivity contribution is 8.76. The molecule has 6 heteroatoms. The standard InChI is InChI=1S/C7H14N2O2S2/c8-6(10)2-1-4-12-13-5-3-7(9)11/h1-5H2,(H2,8,10)(H2,9,11). The molecule has 0 spiro atoms. The average Bonchev–Trinajstić information content (AvgIpc) is 2.01. The van der Waals surface area contributed by atoms with Crippen LogP contribution in [0.5, 0.6) is 0 Å². The molecule has 0 aliphatic rings. The molecule has 0 fully saturated rings. The summed E-state index contributed by atoms with van der Waals surface area (Å²) in [6.45, 7) is 0. The van der Waals surface area contributed by atoms with Crippen LogP contribution in [0.4, 0.5) is 0 Å². The van der Waals surface area contributed by atoms with Gasteiger partial charge in [-0.1, -0.05) is 21.6 Å². The van der Waals surface area contributed by atoms with Crippen molar-refractivity contribution in [3.8, 4) is 0 Å². The zero-order valence-corrected chi connectivity index (χ0v) is 8.96. The van der Waals surface area contributed by atoms with Gasteiger partial charge in [-0.2, -0.15) is 0 Å². The fraction of sp³-hybridized carbons (Fsp3) is 0.714. The van der Waals surface area contributed by atoms with Crippen molar-refractivity contribution in [2.75, 3.05) is 11.5 Å². The second-order valence-corrected chi connectivity index (χ2v) is 5.13. The van der Waals surface area contributed by atoms with E-state index in [2.05, 4.69) is 0 Å². The van der Waals surface area contributed by atoms with Crippen LogP contribution in [0.15, 0.2) is 0 Å². The van der Waals surface area contributed by atoms with Crippen LogP contribution in [0, 0.1) is 0 Å². The molecule has 0 unspecified atom stereocenters. The lowest BCUT2D eigenvalue weighted by atomic mass is 10.3. The van der Waals surface area contributed by atoms with E-state index in [-0.39, 0.29) is 11.8 Å². The molecule has 0 saturated heterocycles. The summed E-state index contributed by atoms with van der Waals surface area (Å²) >= 11 is 0. The summed E-state index contributed by atoms with van der Waals surface area (Å²) in [6.07, 6.45) is 1.64. The summed E-state index contributed by atoms with van der Waals surface area (Å²) in [4.78, 5) is 20.6. The van der Waals surface area contributed by atoms with E-state index in [0.717, 1.165) is 17.9 Å². The molecule has 0 atom stereocenters. The van der Waals surface area contributed by atoms with Gasteiger partial charge in [0.25, 0.3) is 0 Å². The highest BCUT2D eigenvalue weighted by Gasteiger charge is 1.97. The normalized spacial score (nSPS) is 9.85. The van der Waals surface area contributed by atoms with Crippen molar-refractivity contribution in [3.05, 3.63) is 0 Å². The third-order valence-electron chi connectivity index (χ3n) is 1.17. The van der Waals surface area contributed by atoms with Crippen LogP contribution in [-0.2, 0) is 9.59 Å². The van der Waals surface area contributed by atoms with E-state index in [0.29, 0.717) is 12.8 Å². The van der Waals surface area contributed by atoms with Gasteiger partial charge >= 0.3 is 0 Å². The van der Waals surface area contributed by atoms with E-state index in [1.807, 2.05) is 0 Å². The van der Waals surface area contributed by atoms with E-state index in [1.165, 1.54) is 0 Å². The Morgan fingerprint density at radius 2 is 1.46 bits per heavy atom. The van der Waals surface area contributed by atoms with Gasteiger partial charge in [0, 0.05) is 24.3 Å². The minimum atomic E-state index is -0.273. The maximum Gasteiger partial charge on any atom is 0.218 e. The van der Waals surface area contributed by atoms with Crippen LogP contribution in [0.1, 0.15) is 19.3 Å². The molecule has 4 nitrogen and oxygen atoms in total. The van der Waals surface area contributed by atoms with Crippen molar-refractivity contribution in [1.29, 1.82) is 0 Å². The number of carbonyl (C=O) groups excluding carboxylic acids is 2. The number of primary amides is 2. The Morgan fingerprint density at radius 1 is 0.923 bits per heavy atom.